The lowest BCUT2D eigenvalue weighted by Crippen LogP contribution is -2.14. The van der Waals surface area contributed by atoms with Gasteiger partial charge in [-0.25, -0.2) is 18.9 Å². The van der Waals surface area contributed by atoms with Crippen molar-refractivity contribution >= 4 is 17.0 Å². The molecule has 0 aliphatic carbocycles. The molecule has 30 heavy (non-hydrogen) atoms. The predicted octanol–water partition coefficient (Wildman–Crippen LogP) is 2.86. The van der Waals surface area contributed by atoms with Crippen molar-refractivity contribution in [2.45, 2.75) is 6.92 Å². The number of ether oxygens (including phenoxy) is 2. The van der Waals surface area contributed by atoms with E-state index in [-0.39, 0.29) is 24.6 Å². The predicted molar refractivity (Wildman–Crippen MR) is 107 cm³/mol. The summed E-state index contributed by atoms with van der Waals surface area (Å²) in [4.78, 5) is 31.1. The van der Waals surface area contributed by atoms with E-state index in [1.807, 2.05) is 0 Å². The maximum Gasteiger partial charge on any atom is 0.344 e. The smallest absolute Gasteiger partial charge is 0.344 e. The summed E-state index contributed by atoms with van der Waals surface area (Å²) in [6.45, 7) is 1.82. The number of hydrogen-bond donors (Lipinski definition) is 1. The van der Waals surface area contributed by atoms with Crippen LogP contribution in [0.4, 0.5) is 4.39 Å². The van der Waals surface area contributed by atoms with Crippen molar-refractivity contribution in [2.24, 2.45) is 0 Å². The number of hydrogen-bond acceptors (Lipinski definition) is 6. The van der Waals surface area contributed by atoms with Gasteiger partial charge < -0.3 is 14.5 Å². The Hall–Kier alpha value is -4.01. The molecule has 0 saturated heterocycles. The number of carbonyl (C=O) groups is 1. The normalized spacial score (nSPS) is 10.9. The third-order valence-corrected chi connectivity index (χ3v) is 4.30. The molecule has 8 nitrogen and oxygen atoms in total. The highest BCUT2D eigenvalue weighted by Gasteiger charge is 2.13. The number of nitrogens with one attached hydrogen (secondary N) is 1. The lowest BCUT2D eigenvalue weighted by molar-refractivity contribution is -0.145. The Bertz CT molecular complexity index is 1250. The Balaban J connectivity index is 1.64. The highest BCUT2D eigenvalue weighted by atomic mass is 19.1. The van der Waals surface area contributed by atoms with Crippen LogP contribution in [0.5, 0.6) is 5.75 Å². The monoisotopic (exact) mass is 408 g/mol. The molecule has 152 valence electrons. The van der Waals surface area contributed by atoms with E-state index in [9.17, 15) is 14.0 Å². The zero-order valence-corrected chi connectivity index (χ0v) is 16.0. The molecular formula is C21H17FN4O4. The number of halogens is 1. The van der Waals surface area contributed by atoms with Crippen molar-refractivity contribution in [2.75, 3.05) is 13.2 Å². The molecule has 4 rings (SSSR count). The van der Waals surface area contributed by atoms with E-state index in [1.54, 1.807) is 43.3 Å². The molecule has 0 radical (unpaired) electrons. The first-order valence-corrected chi connectivity index (χ1v) is 9.18. The first kappa shape index (κ1) is 19.3. The Morgan fingerprint density at radius 1 is 1.13 bits per heavy atom. The lowest BCUT2D eigenvalue weighted by Gasteiger charge is -2.07. The lowest BCUT2D eigenvalue weighted by atomic mass is 10.2. The molecule has 4 aromatic rings. The molecule has 1 N–H and O–H groups in total. The molecule has 2 heterocycles. The van der Waals surface area contributed by atoms with Crippen LogP contribution in [-0.4, -0.2) is 38.9 Å². The van der Waals surface area contributed by atoms with E-state index >= 15 is 0 Å². The topological polar surface area (TPSA) is 99.1 Å². The van der Waals surface area contributed by atoms with E-state index < -0.39 is 5.97 Å². The number of carbonyl (C=O) groups excluding carboxylic acids is 1. The van der Waals surface area contributed by atoms with Gasteiger partial charge in [-0.15, -0.1) is 0 Å². The summed E-state index contributed by atoms with van der Waals surface area (Å²) in [5.41, 5.74) is 1.23. The molecule has 9 heteroatoms. The van der Waals surface area contributed by atoms with Crippen LogP contribution in [0.2, 0.25) is 0 Å². The average molecular weight is 408 g/mol. The summed E-state index contributed by atoms with van der Waals surface area (Å²) in [5, 5.41) is 4.53. The minimum atomic E-state index is -0.452. The standard InChI is InChI=1S/C21H17FN4O4/c1-2-29-18(27)12-30-16-9-3-13(4-10-16)19-24-20-17(21(28)25-19)11-23-26(20)15-7-5-14(22)6-8-15/h3-11H,2,12H2,1H3,(H,24,25,28). The first-order chi connectivity index (χ1) is 14.5. The molecule has 0 unspecified atom stereocenters. The molecule has 0 fully saturated rings. The zero-order valence-electron chi connectivity index (χ0n) is 16.0. The molecule has 2 aromatic heterocycles. The van der Waals surface area contributed by atoms with Crippen LogP contribution in [0.3, 0.4) is 0 Å². The van der Waals surface area contributed by atoms with Crippen molar-refractivity contribution in [3.63, 3.8) is 0 Å². The molecule has 0 bridgehead atoms. The number of H-pyrrole nitrogens is 1. The molecular weight excluding hydrogens is 391 g/mol. The molecule has 2 aromatic carbocycles. The van der Waals surface area contributed by atoms with E-state index in [0.717, 1.165) is 0 Å². The van der Waals surface area contributed by atoms with Crippen LogP contribution in [0, 0.1) is 5.82 Å². The summed E-state index contributed by atoms with van der Waals surface area (Å²) in [5.74, 6) is -0.000983. The Morgan fingerprint density at radius 3 is 2.57 bits per heavy atom. The minimum absolute atomic E-state index is 0.189. The highest BCUT2D eigenvalue weighted by molar-refractivity contribution is 5.77. The molecule has 0 aliphatic rings. The van der Waals surface area contributed by atoms with Crippen LogP contribution >= 0.6 is 0 Å². The molecule has 0 spiro atoms. The first-order valence-electron chi connectivity index (χ1n) is 9.18. The fourth-order valence-corrected chi connectivity index (χ4v) is 2.88. The largest absolute Gasteiger partial charge is 0.482 e. The minimum Gasteiger partial charge on any atom is -0.482 e. The second-order valence-corrected chi connectivity index (χ2v) is 6.30. The number of nitrogens with zero attached hydrogens (tertiary/aromatic N) is 3. The van der Waals surface area contributed by atoms with Gasteiger partial charge in [0.1, 0.15) is 22.8 Å². The van der Waals surface area contributed by atoms with Gasteiger partial charge in [-0.3, -0.25) is 4.79 Å². The van der Waals surface area contributed by atoms with Gasteiger partial charge in [-0.1, -0.05) is 0 Å². The van der Waals surface area contributed by atoms with Crippen molar-refractivity contribution in [3.8, 4) is 22.8 Å². The van der Waals surface area contributed by atoms with Crippen LogP contribution in [-0.2, 0) is 9.53 Å². The highest BCUT2D eigenvalue weighted by Crippen LogP contribution is 2.21. The third-order valence-electron chi connectivity index (χ3n) is 4.30. The van der Waals surface area contributed by atoms with Crippen LogP contribution in [0.25, 0.3) is 28.1 Å². The summed E-state index contributed by atoms with van der Waals surface area (Å²) in [7, 11) is 0. The molecule has 0 amide bonds. The van der Waals surface area contributed by atoms with E-state index in [0.29, 0.717) is 33.9 Å². The Kier molecular flexibility index (Phi) is 5.25. The fourth-order valence-electron chi connectivity index (χ4n) is 2.88. The number of aromatic amines is 1. The summed E-state index contributed by atoms with van der Waals surface area (Å²) in [6.07, 6.45) is 1.42. The van der Waals surface area contributed by atoms with Crippen molar-refractivity contribution < 1.29 is 18.7 Å². The van der Waals surface area contributed by atoms with Gasteiger partial charge in [0.15, 0.2) is 12.3 Å². The summed E-state index contributed by atoms with van der Waals surface area (Å²) in [6, 6.07) is 12.5. The summed E-state index contributed by atoms with van der Waals surface area (Å²) >= 11 is 0. The summed E-state index contributed by atoms with van der Waals surface area (Å²) < 4.78 is 24.9. The van der Waals surface area contributed by atoms with Gasteiger partial charge in [0.05, 0.1) is 18.5 Å². The van der Waals surface area contributed by atoms with Gasteiger partial charge in [0.25, 0.3) is 5.56 Å². The maximum atomic E-state index is 13.2. The molecule has 0 atom stereocenters. The van der Waals surface area contributed by atoms with Gasteiger partial charge >= 0.3 is 5.97 Å². The van der Waals surface area contributed by atoms with Gasteiger partial charge in [-0.2, -0.15) is 5.10 Å². The second kappa shape index (κ2) is 8.16. The number of fused-ring (bicyclic) bond motifs is 1. The van der Waals surface area contributed by atoms with E-state index in [2.05, 4.69) is 15.1 Å². The van der Waals surface area contributed by atoms with Gasteiger partial charge in [0.2, 0.25) is 0 Å². The van der Waals surface area contributed by atoms with Gasteiger partial charge in [-0.05, 0) is 55.5 Å². The third kappa shape index (κ3) is 3.90. The number of aromatic nitrogens is 4. The SMILES string of the molecule is CCOC(=O)COc1ccc(-c2nc3c(cnn3-c3ccc(F)cc3)c(=O)[nH]2)cc1. The number of esters is 1. The maximum absolute atomic E-state index is 13.2. The second-order valence-electron chi connectivity index (χ2n) is 6.30. The fraction of sp³-hybridized carbons (Fsp3) is 0.143. The van der Waals surface area contributed by atoms with Gasteiger partial charge in [0, 0.05) is 5.56 Å². The molecule has 0 aliphatic heterocycles. The Morgan fingerprint density at radius 2 is 1.87 bits per heavy atom. The Labute approximate surface area is 169 Å². The molecule has 0 saturated carbocycles. The van der Waals surface area contributed by atoms with Crippen LogP contribution in [0.1, 0.15) is 6.92 Å². The average Bonchev–Trinajstić information content (AvgIpc) is 3.18. The number of rotatable bonds is 6. The number of benzene rings is 2. The van der Waals surface area contributed by atoms with Crippen molar-refractivity contribution in [1.29, 1.82) is 0 Å². The van der Waals surface area contributed by atoms with E-state index in [1.165, 1.54) is 23.0 Å². The zero-order chi connectivity index (χ0) is 21.1. The quantitative estimate of drug-likeness (QED) is 0.493. The van der Waals surface area contributed by atoms with Crippen molar-refractivity contribution in [3.05, 3.63) is 70.9 Å². The van der Waals surface area contributed by atoms with Crippen LogP contribution in [0.15, 0.2) is 59.5 Å². The van der Waals surface area contributed by atoms with E-state index in [4.69, 9.17) is 9.47 Å². The van der Waals surface area contributed by atoms with Crippen LogP contribution < -0.4 is 10.3 Å². The van der Waals surface area contributed by atoms with Crippen molar-refractivity contribution in [1.82, 2.24) is 19.7 Å².